The molecule has 0 bridgehead atoms. The van der Waals surface area contributed by atoms with Gasteiger partial charge in [-0.15, -0.1) is 0 Å². The summed E-state index contributed by atoms with van der Waals surface area (Å²) in [4.78, 5) is 12.4. The zero-order chi connectivity index (χ0) is 18.8. The smallest absolute Gasteiger partial charge is 0.231 e. The van der Waals surface area contributed by atoms with E-state index in [1.54, 1.807) is 12.1 Å². The molecular formula is C22H15BrO4. The van der Waals surface area contributed by atoms with Crippen LogP contribution in [0.25, 0.3) is 6.08 Å². The van der Waals surface area contributed by atoms with E-state index in [0.717, 1.165) is 15.6 Å². The Morgan fingerprint density at radius 1 is 1.04 bits per heavy atom. The largest absolute Gasteiger partial charge is 0.508 e. The summed E-state index contributed by atoms with van der Waals surface area (Å²) < 4.78 is 12.5. The van der Waals surface area contributed by atoms with Gasteiger partial charge in [-0.1, -0.05) is 40.2 Å². The molecule has 4 nitrogen and oxygen atoms in total. The highest BCUT2D eigenvalue weighted by atomic mass is 79.9. The molecule has 5 heteroatoms. The van der Waals surface area contributed by atoms with Crippen molar-refractivity contribution >= 4 is 27.8 Å². The Balaban J connectivity index is 1.50. The van der Waals surface area contributed by atoms with E-state index < -0.39 is 0 Å². The fourth-order valence-corrected chi connectivity index (χ4v) is 3.03. The highest BCUT2D eigenvalue weighted by Gasteiger charge is 2.27. The maximum Gasteiger partial charge on any atom is 0.231 e. The van der Waals surface area contributed by atoms with E-state index >= 15 is 0 Å². The van der Waals surface area contributed by atoms with Gasteiger partial charge in [0.25, 0.3) is 0 Å². The van der Waals surface area contributed by atoms with Crippen molar-refractivity contribution in [3.05, 3.63) is 93.7 Å². The highest BCUT2D eigenvalue weighted by Crippen LogP contribution is 2.34. The van der Waals surface area contributed by atoms with E-state index in [-0.39, 0.29) is 17.3 Å². The van der Waals surface area contributed by atoms with Gasteiger partial charge in [-0.2, -0.15) is 0 Å². The minimum atomic E-state index is -0.203. The number of halogens is 1. The molecule has 0 saturated carbocycles. The summed E-state index contributed by atoms with van der Waals surface area (Å²) in [7, 11) is 0. The lowest BCUT2D eigenvalue weighted by atomic mass is 10.1. The molecule has 3 aromatic carbocycles. The lowest BCUT2D eigenvalue weighted by molar-refractivity contribution is 0.101. The monoisotopic (exact) mass is 422 g/mol. The molecule has 134 valence electrons. The Bertz CT molecular complexity index is 1040. The van der Waals surface area contributed by atoms with Crippen molar-refractivity contribution in [1.29, 1.82) is 0 Å². The molecule has 1 N–H and O–H groups in total. The molecule has 1 aliphatic rings. The number of benzene rings is 3. The van der Waals surface area contributed by atoms with Crippen LogP contribution >= 0.6 is 15.9 Å². The number of aromatic hydroxyl groups is 1. The van der Waals surface area contributed by atoms with Crippen LogP contribution in [0.4, 0.5) is 0 Å². The van der Waals surface area contributed by atoms with Gasteiger partial charge >= 0.3 is 0 Å². The van der Waals surface area contributed by atoms with E-state index in [2.05, 4.69) is 15.9 Å². The van der Waals surface area contributed by atoms with Crippen molar-refractivity contribution < 1.29 is 19.4 Å². The normalized spacial score (nSPS) is 14.1. The number of fused-ring (bicyclic) bond motifs is 1. The third-order valence-electron chi connectivity index (χ3n) is 4.13. The Labute approximate surface area is 164 Å². The average molecular weight is 423 g/mol. The third-order valence-corrected chi connectivity index (χ3v) is 4.66. The second kappa shape index (κ2) is 7.29. The minimum Gasteiger partial charge on any atom is -0.508 e. The SMILES string of the molecule is O=C1/C(=C/c2cccc(OCc3ccc(Br)cc3)c2)Oc2cc(O)ccc21. The Hall–Kier alpha value is -3.05. The molecule has 0 spiro atoms. The third kappa shape index (κ3) is 3.88. The highest BCUT2D eigenvalue weighted by molar-refractivity contribution is 9.10. The maximum atomic E-state index is 12.4. The molecule has 0 atom stereocenters. The van der Waals surface area contributed by atoms with Crippen molar-refractivity contribution in [2.45, 2.75) is 6.61 Å². The first kappa shape index (κ1) is 17.4. The summed E-state index contributed by atoms with van der Waals surface area (Å²) in [5.74, 6) is 1.15. The van der Waals surface area contributed by atoms with Gasteiger partial charge in [-0.05, 0) is 53.6 Å². The van der Waals surface area contributed by atoms with Crippen LogP contribution < -0.4 is 9.47 Å². The zero-order valence-corrected chi connectivity index (χ0v) is 15.8. The van der Waals surface area contributed by atoms with Crippen molar-refractivity contribution in [2.24, 2.45) is 0 Å². The van der Waals surface area contributed by atoms with Gasteiger partial charge in [-0.25, -0.2) is 0 Å². The number of hydrogen-bond acceptors (Lipinski definition) is 4. The predicted molar refractivity (Wildman–Crippen MR) is 106 cm³/mol. The van der Waals surface area contributed by atoms with Gasteiger partial charge in [0.05, 0.1) is 5.56 Å². The summed E-state index contributed by atoms with van der Waals surface area (Å²) in [6, 6.07) is 19.8. The number of allylic oxidation sites excluding steroid dienone is 1. The molecule has 1 aliphatic heterocycles. The van der Waals surface area contributed by atoms with Gasteiger partial charge in [0.1, 0.15) is 23.9 Å². The van der Waals surface area contributed by atoms with E-state index in [4.69, 9.17) is 9.47 Å². The van der Waals surface area contributed by atoms with Crippen LogP contribution in [-0.2, 0) is 6.61 Å². The van der Waals surface area contributed by atoms with Crippen molar-refractivity contribution in [3.8, 4) is 17.2 Å². The maximum absolute atomic E-state index is 12.4. The fraction of sp³-hybridized carbons (Fsp3) is 0.0455. The van der Waals surface area contributed by atoms with Crippen LogP contribution in [0, 0.1) is 0 Å². The number of Topliss-reactive ketones (excluding diaryl/α,β-unsaturated/α-hetero) is 1. The number of phenols is 1. The number of carbonyl (C=O) groups is 1. The van der Waals surface area contributed by atoms with Crippen molar-refractivity contribution in [2.75, 3.05) is 0 Å². The summed E-state index contributed by atoms with van der Waals surface area (Å²) >= 11 is 3.41. The number of ether oxygens (including phenoxy) is 2. The molecule has 0 radical (unpaired) electrons. The second-order valence-corrected chi connectivity index (χ2v) is 7.02. The number of hydrogen-bond donors (Lipinski definition) is 1. The second-order valence-electron chi connectivity index (χ2n) is 6.11. The molecule has 0 unspecified atom stereocenters. The first-order chi connectivity index (χ1) is 13.1. The van der Waals surface area contributed by atoms with Crippen LogP contribution in [0.2, 0.25) is 0 Å². The molecule has 0 saturated heterocycles. The Morgan fingerprint density at radius 2 is 1.85 bits per heavy atom. The lowest BCUT2D eigenvalue weighted by Gasteiger charge is -2.07. The van der Waals surface area contributed by atoms with Crippen LogP contribution in [-0.4, -0.2) is 10.9 Å². The number of rotatable bonds is 4. The molecule has 1 heterocycles. The molecule has 0 fully saturated rings. The number of ketones is 1. The molecule has 27 heavy (non-hydrogen) atoms. The number of phenolic OH excluding ortho intramolecular Hbond substituents is 1. The van der Waals surface area contributed by atoms with E-state index in [0.29, 0.717) is 23.7 Å². The van der Waals surface area contributed by atoms with Crippen LogP contribution in [0.3, 0.4) is 0 Å². The standard InChI is InChI=1S/C22H15BrO4/c23-16-6-4-14(5-7-16)13-26-18-3-1-2-15(10-18)11-21-22(25)19-9-8-17(24)12-20(19)27-21/h1-12,24H,13H2/b21-11-. The number of carbonyl (C=O) groups excluding carboxylic acids is 1. The molecular weight excluding hydrogens is 408 g/mol. The van der Waals surface area contributed by atoms with Gasteiger partial charge in [0.2, 0.25) is 5.78 Å². The van der Waals surface area contributed by atoms with Crippen molar-refractivity contribution in [1.82, 2.24) is 0 Å². The molecule has 0 aromatic heterocycles. The van der Waals surface area contributed by atoms with E-state index in [9.17, 15) is 9.90 Å². The van der Waals surface area contributed by atoms with E-state index in [1.165, 1.54) is 12.1 Å². The van der Waals surface area contributed by atoms with Crippen LogP contribution in [0.5, 0.6) is 17.2 Å². The Morgan fingerprint density at radius 3 is 2.67 bits per heavy atom. The summed E-state index contributed by atoms with van der Waals surface area (Å²) in [6.45, 7) is 0.452. The van der Waals surface area contributed by atoms with Gasteiger partial charge in [0, 0.05) is 10.5 Å². The quantitative estimate of drug-likeness (QED) is 0.575. The molecule has 0 amide bonds. The van der Waals surface area contributed by atoms with Crippen molar-refractivity contribution in [3.63, 3.8) is 0 Å². The van der Waals surface area contributed by atoms with Crippen LogP contribution in [0.1, 0.15) is 21.5 Å². The fourth-order valence-electron chi connectivity index (χ4n) is 2.77. The van der Waals surface area contributed by atoms with Gasteiger partial charge < -0.3 is 14.6 Å². The lowest BCUT2D eigenvalue weighted by Crippen LogP contribution is -1.98. The summed E-state index contributed by atoms with van der Waals surface area (Å²) in [5.41, 5.74) is 2.30. The van der Waals surface area contributed by atoms with E-state index in [1.807, 2.05) is 48.5 Å². The minimum absolute atomic E-state index is 0.0612. The Kier molecular flexibility index (Phi) is 4.69. The first-order valence-corrected chi connectivity index (χ1v) is 9.12. The molecule has 4 rings (SSSR count). The predicted octanol–water partition coefficient (Wildman–Crippen LogP) is 5.35. The molecule has 0 aliphatic carbocycles. The molecule has 3 aromatic rings. The first-order valence-electron chi connectivity index (χ1n) is 8.33. The zero-order valence-electron chi connectivity index (χ0n) is 14.2. The average Bonchev–Trinajstić information content (AvgIpc) is 2.96. The van der Waals surface area contributed by atoms with Gasteiger partial charge in [-0.3, -0.25) is 4.79 Å². The van der Waals surface area contributed by atoms with Crippen LogP contribution in [0.15, 0.2) is 77.0 Å². The summed E-state index contributed by atoms with van der Waals surface area (Å²) in [6.07, 6.45) is 1.67. The van der Waals surface area contributed by atoms with Gasteiger partial charge in [0.15, 0.2) is 5.76 Å². The topological polar surface area (TPSA) is 55.8 Å². The summed E-state index contributed by atoms with van der Waals surface area (Å²) in [5, 5.41) is 9.53.